The van der Waals surface area contributed by atoms with Gasteiger partial charge in [-0.3, -0.25) is 4.79 Å². The highest BCUT2D eigenvalue weighted by atomic mass is 33.1. The SMILES string of the molecule is CN(C)c1cccc2c(S(=O)(=O)N[C@@H](CSS(=O)(=O)c3cccc4c(N(C)C)cccc34)C(=O)O)cccc12. The first-order valence-electron chi connectivity index (χ1n) is 11.9. The molecule has 39 heavy (non-hydrogen) atoms. The van der Waals surface area contributed by atoms with Crippen LogP contribution in [0.15, 0.2) is 82.6 Å². The van der Waals surface area contributed by atoms with Gasteiger partial charge in [-0.05, 0) is 35.1 Å². The van der Waals surface area contributed by atoms with Crippen LogP contribution in [0.5, 0.6) is 0 Å². The fourth-order valence-corrected chi connectivity index (χ4v) is 9.03. The highest BCUT2D eigenvalue weighted by molar-refractivity contribution is 8.72. The van der Waals surface area contributed by atoms with Crippen LogP contribution in [0.4, 0.5) is 11.4 Å². The molecule has 0 saturated heterocycles. The zero-order chi connectivity index (χ0) is 28.5. The molecule has 0 aliphatic rings. The van der Waals surface area contributed by atoms with Gasteiger partial charge in [-0.15, -0.1) is 0 Å². The van der Waals surface area contributed by atoms with E-state index in [1.54, 1.807) is 42.5 Å². The monoisotopic (exact) mass is 587 g/mol. The highest BCUT2D eigenvalue weighted by Gasteiger charge is 2.30. The normalized spacial score (nSPS) is 12.9. The molecule has 206 valence electrons. The molecule has 4 aromatic rings. The number of carboxylic acids is 1. The molecule has 0 unspecified atom stereocenters. The number of benzene rings is 4. The molecule has 1 atom stereocenters. The van der Waals surface area contributed by atoms with Crippen LogP contribution in [0.25, 0.3) is 21.5 Å². The molecule has 0 spiro atoms. The van der Waals surface area contributed by atoms with Gasteiger partial charge in [0.2, 0.25) is 18.9 Å². The van der Waals surface area contributed by atoms with Gasteiger partial charge in [0.05, 0.1) is 9.79 Å². The topological polar surface area (TPSA) is 124 Å². The van der Waals surface area contributed by atoms with E-state index in [4.69, 9.17) is 0 Å². The Kier molecular flexibility index (Phi) is 8.12. The summed E-state index contributed by atoms with van der Waals surface area (Å²) in [6.07, 6.45) is 0. The van der Waals surface area contributed by atoms with Crippen LogP contribution in [0.2, 0.25) is 0 Å². The van der Waals surface area contributed by atoms with Crippen LogP contribution in [0.1, 0.15) is 0 Å². The van der Waals surface area contributed by atoms with Crippen molar-refractivity contribution in [2.45, 2.75) is 15.8 Å². The maximum Gasteiger partial charge on any atom is 0.322 e. The fraction of sp³-hybridized carbons (Fsp3) is 0.222. The van der Waals surface area contributed by atoms with E-state index >= 15 is 0 Å². The molecule has 0 heterocycles. The van der Waals surface area contributed by atoms with Crippen LogP contribution in [0.3, 0.4) is 0 Å². The summed E-state index contributed by atoms with van der Waals surface area (Å²) >= 11 is 0. The second-order valence-electron chi connectivity index (χ2n) is 9.30. The van der Waals surface area contributed by atoms with Crippen LogP contribution in [-0.4, -0.2) is 67.9 Å². The molecule has 0 amide bonds. The van der Waals surface area contributed by atoms with Gasteiger partial charge >= 0.3 is 5.97 Å². The van der Waals surface area contributed by atoms with Crippen LogP contribution in [-0.2, 0) is 23.7 Å². The van der Waals surface area contributed by atoms with E-state index in [0.717, 1.165) is 16.8 Å². The number of aliphatic carboxylic acids is 1. The third-order valence-electron chi connectivity index (χ3n) is 6.23. The Bertz CT molecular complexity index is 1770. The van der Waals surface area contributed by atoms with Crippen LogP contribution < -0.4 is 14.5 Å². The minimum Gasteiger partial charge on any atom is -0.480 e. The number of hydrogen-bond donors (Lipinski definition) is 2. The quantitative estimate of drug-likeness (QED) is 0.265. The van der Waals surface area contributed by atoms with Gasteiger partial charge in [-0.25, -0.2) is 16.8 Å². The Hall–Kier alpha value is -3.32. The summed E-state index contributed by atoms with van der Waals surface area (Å²) in [4.78, 5) is 15.7. The average molecular weight is 588 g/mol. The summed E-state index contributed by atoms with van der Waals surface area (Å²) in [5.41, 5.74) is 1.63. The van der Waals surface area contributed by atoms with Crippen molar-refractivity contribution in [2.75, 3.05) is 43.7 Å². The summed E-state index contributed by atoms with van der Waals surface area (Å²) in [6, 6.07) is 18.5. The molecule has 0 aromatic heterocycles. The zero-order valence-corrected chi connectivity index (χ0v) is 24.3. The number of hydrogen-bond acceptors (Lipinski definition) is 8. The van der Waals surface area contributed by atoms with Gasteiger partial charge in [-0.2, -0.15) is 4.72 Å². The maximum atomic E-state index is 13.4. The number of rotatable bonds is 10. The van der Waals surface area contributed by atoms with E-state index in [1.165, 1.54) is 12.1 Å². The first kappa shape index (κ1) is 28.7. The largest absolute Gasteiger partial charge is 0.480 e. The Morgan fingerprint density at radius 2 is 1.18 bits per heavy atom. The summed E-state index contributed by atoms with van der Waals surface area (Å²) < 4.78 is 55.6. The third kappa shape index (κ3) is 5.83. The fourth-order valence-electron chi connectivity index (χ4n) is 4.39. The molecular weight excluding hydrogens is 559 g/mol. The third-order valence-corrected chi connectivity index (χ3v) is 11.3. The molecule has 9 nitrogen and oxygen atoms in total. The molecule has 0 bridgehead atoms. The second kappa shape index (κ2) is 11.0. The summed E-state index contributed by atoms with van der Waals surface area (Å²) in [5.74, 6) is -2.02. The molecule has 4 aromatic carbocycles. The number of anilines is 2. The van der Waals surface area contributed by atoms with Crippen LogP contribution >= 0.6 is 10.8 Å². The van der Waals surface area contributed by atoms with Crippen molar-refractivity contribution in [2.24, 2.45) is 0 Å². The van der Waals surface area contributed by atoms with Crippen molar-refractivity contribution >= 4 is 68.6 Å². The standard InChI is InChI=1S/C27H29N3O6S3/c1-29(2)23-13-5-11-20-18(23)9-7-15-25(20)38(33,34)28-22(27(31)32)17-37-39(35,36)26-16-8-10-19-21(26)12-6-14-24(19)30(3)4/h5-16,22,28H,17H2,1-4H3,(H,31,32)/t22-/m0/s1. The van der Waals surface area contributed by atoms with Crippen LogP contribution in [0, 0.1) is 0 Å². The molecule has 0 fully saturated rings. The van der Waals surface area contributed by atoms with Crippen molar-refractivity contribution < 1.29 is 26.7 Å². The van der Waals surface area contributed by atoms with E-state index in [-0.39, 0.29) is 9.79 Å². The first-order chi connectivity index (χ1) is 18.3. The number of sulfonamides is 1. The van der Waals surface area contributed by atoms with Gasteiger partial charge < -0.3 is 14.9 Å². The predicted octanol–water partition coefficient (Wildman–Crippen LogP) is 3.98. The minimum atomic E-state index is -4.32. The Labute approximate surface area is 231 Å². The van der Waals surface area contributed by atoms with E-state index < -0.39 is 36.7 Å². The number of carboxylic acid groups (broad SMARTS) is 1. The molecule has 2 N–H and O–H groups in total. The van der Waals surface area contributed by atoms with Crippen molar-refractivity contribution in [3.8, 4) is 0 Å². The van der Waals surface area contributed by atoms with E-state index in [9.17, 15) is 26.7 Å². The number of nitrogens with zero attached hydrogens (tertiary/aromatic N) is 2. The second-order valence-corrected chi connectivity index (χ2v) is 14.9. The zero-order valence-electron chi connectivity index (χ0n) is 21.8. The van der Waals surface area contributed by atoms with E-state index in [0.29, 0.717) is 27.0 Å². The molecule has 0 aliphatic heterocycles. The van der Waals surface area contributed by atoms with Crippen molar-refractivity contribution in [3.63, 3.8) is 0 Å². The minimum absolute atomic E-state index is 0.0333. The van der Waals surface area contributed by atoms with Gasteiger partial charge in [0, 0.05) is 66.9 Å². The van der Waals surface area contributed by atoms with E-state index in [2.05, 4.69) is 4.72 Å². The molecule has 0 saturated carbocycles. The van der Waals surface area contributed by atoms with Gasteiger partial charge in [-0.1, -0.05) is 48.5 Å². The summed E-state index contributed by atoms with van der Waals surface area (Å²) in [6.45, 7) is 0. The molecule has 4 rings (SSSR count). The Balaban J connectivity index is 1.64. The highest BCUT2D eigenvalue weighted by Crippen LogP contribution is 2.35. The number of nitrogens with one attached hydrogen (secondary N) is 1. The smallest absolute Gasteiger partial charge is 0.322 e. The lowest BCUT2D eigenvalue weighted by Crippen LogP contribution is -2.42. The van der Waals surface area contributed by atoms with Gasteiger partial charge in [0.15, 0.2) is 0 Å². The number of carbonyl (C=O) groups is 1. The predicted molar refractivity (Wildman–Crippen MR) is 158 cm³/mol. The molecule has 0 radical (unpaired) electrons. The molecule has 0 aliphatic carbocycles. The Morgan fingerprint density at radius 3 is 1.67 bits per heavy atom. The summed E-state index contributed by atoms with van der Waals surface area (Å²) in [5, 5.41) is 12.1. The van der Waals surface area contributed by atoms with Gasteiger partial charge in [0.25, 0.3) is 0 Å². The lowest BCUT2D eigenvalue weighted by Gasteiger charge is -2.19. The average Bonchev–Trinajstić information content (AvgIpc) is 2.89. The van der Waals surface area contributed by atoms with Gasteiger partial charge in [0.1, 0.15) is 6.04 Å². The number of fused-ring (bicyclic) bond motifs is 2. The maximum absolute atomic E-state index is 13.4. The first-order valence-corrected chi connectivity index (χ1v) is 16.3. The lowest BCUT2D eigenvalue weighted by molar-refractivity contribution is -0.138. The lowest BCUT2D eigenvalue weighted by atomic mass is 10.1. The van der Waals surface area contributed by atoms with E-state index in [1.807, 2.05) is 56.2 Å². The summed E-state index contributed by atoms with van der Waals surface area (Å²) in [7, 11) is -0.586. The molecular formula is C27H29N3O6S3. The Morgan fingerprint density at radius 1 is 0.744 bits per heavy atom. The molecule has 12 heteroatoms. The van der Waals surface area contributed by atoms with Crippen molar-refractivity contribution in [1.82, 2.24) is 4.72 Å². The van der Waals surface area contributed by atoms with Crippen molar-refractivity contribution in [1.29, 1.82) is 0 Å². The van der Waals surface area contributed by atoms with Crippen molar-refractivity contribution in [3.05, 3.63) is 72.8 Å².